The number of nitrogens with zero attached hydrogens (tertiary/aromatic N) is 4. The summed E-state index contributed by atoms with van der Waals surface area (Å²) in [5, 5.41) is 3.76. The zero-order chi connectivity index (χ0) is 13.9. The minimum Gasteiger partial charge on any atom is -0.264 e. The molecule has 102 valence electrons. The van der Waals surface area contributed by atoms with Crippen LogP contribution in [0.2, 0.25) is 5.15 Å². The van der Waals surface area contributed by atoms with Gasteiger partial charge in [-0.15, -0.1) is 0 Å². The molecule has 3 aromatic rings. The standard InChI is InChI=1S/C15H15ClN4/c1-2-8-20(15-10-14(16)17-11-18-15)19-9-7-12-5-3-4-6-13(12)19/h3-7,9-11H,2,8H2,1H3. The molecule has 3 rings (SSSR count). The van der Waals surface area contributed by atoms with Crippen LogP contribution in [0.15, 0.2) is 48.9 Å². The lowest BCUT2D eigenvalue weighted by Gasteiger charge is -2.25. The number of halogens is 1. The number of hydrogen-bond donors (Lipinski definition) is 0. The number of benzene rings is 1. The molecular formula is C15H15ClN4. The van der Waals surface area contributed by atoms with Crippen molar-refractivity contribution in [1.29, 1.82) is 0 Å². The van der Waals surface area contributed by atoms with Gasteiger partial charge in [-0.3, -0.25) is 9.69 Å². The number of aromatic nitrogens is 3. The average molecular weight is 287 g/mol. The molecule has 2 heterocycles. The molecule has 0 atom stereocenters. The first-order chi connectivity index (χ1) is 9.79. The van der Waals surface area contributed by atoms with Gasteiger partial charge in [-0.1, -0.05) is 36.7 Å². The first-order valence-electron chi connectivity index (χ1n) is 6.61. The molecule has 0 saturated heterocycles. The van der Waals surface area contributed by atoms with Crippen LogP contribution in [0.4, 0.5) is 5.82 Å². The Morgan fingerprint density at radius 1 is 1.20 bits per heavy atom. The largest absolute Gasteiger partial charge is 0.264 e. The van der Waals surface area contributed by atoms with Crippen molar-refractivity contribution in [2.24, 2.45) is 0 Å². The second-order valence-electron chi connectivity index (χ2n) is 4.54. The lowest BCUT2D eigenvalue weighted by atomic mass is 10.2. The smallest absolute Gasteiger partial charge is 0.152 e. The Labute approximate surface area is 122 Å². The molecule has 5 heteroatoms. The molecule has 20 heavy (non-hydrogen) atoms. The quantitative estimate of drug-likeness (QED) is 0.685. The van der Waals surface area contributed by atoms with Crippen LogP contribution >= 0.6 is 11.6 Å². The summed E-state index contributed by atoms with van der Waals surface area (Å²) in [6.07, 6.45) is 4.55. The van der Waals surface area contributed by atoms with Crippen LogP contribution in [0.3, 0.4) is 0 Å². The summed E-state index contributed by atoms with van der Waals surface area (Å²) in [6.45, 7) is 2.99. The summed E-state index contributed by atoms with van der Waals surface area (Å²) in [5.74, 6) is 0.799. The van der Waals surface area contributed by atoms with Gasteiger partial charge in [-0.25, -0.2) is 9.97 Å². The second kappa shape index (κ2) is 5.51. The second-order valence-corrected chi connectivity index (χ2v) is 4.93. The first-order valence-corrected chi connectivity index (χ1v) is 6.99. The minimum atomic E-state index is 0.451. The predicted molar refractivity (Wildman–Crippen MR) is 82.0 cm³/mol. The summed E-state index contributed by atoms with van der Waals surface area (Å²) in [6, 6.07) is 12.2. The lowest BCUT2D eigenvalue weighted by Crippen LogP contribution is -2.30. The summed E-state index contributed by atoms with van der Waals surface area (Å²) in [7, 11) is 0. The number of para-hydroxylation sites is 1. The maximum atomic E-state index is 5.98. The maximum absolute atomic E-state index is 5.98. The number of hydrogen-bond acceptors (Lipinski definition) is 3. The molecule has 0 spiro atoms. The molecular weight excluding hydrogens is 272 g/mol. The third-order valence-electron chi connectivity index (χ3n) is 3.16. The highest BCUT2D eigenvalue weighted by molar-refractivity contribution is 6.29. The maximum Gasteiger partial charge on any atom is 0.152 e. The summed E-state index contributed by atoms with van der Waals surface area (Å²) in [5.41, 5.74) is 1.15. The molecule has 0 aliphatic heterocycles. The monoisotopic (exact) mass is 286 g/mol. The zero-order valence-corrected chi connectivity index (χ0v) is 12.0. The Morgan fingerprint density at radius 2 is 2.05 bits per heavy atom. The van der Waals surface area contributed by atoms with Gasteiger partial charge in [0.05, 0.1) is 5.52 Å². The summed E-state index contributed by atoms with van der Waals surface area (Å²) >= 11 is 5.98. The molecule has 1 aromatic carbocycles. The van der Waals surface area contributed by atoms with Gasteiger partial charge in [-0.05, 0) is 18.6 Å². The van der Waals surface area contributed by atoms with Gasteiger partial charge in [0.25, 0.3) is 0 Å². The van der Waals surface area contributed by atoms with Crippen LogP contribution in [0, 0.1) is 0 Å². The van der Waals surface area contributed by atoms with Crippen molar-refractivity contribution >= 4 is 28.3 Å². The molecule has 0 aliphatic carbocycles. The Balaban J connectivity index is 2.11. The summed E-state index contributed by atoms with van der Waals surface area (Å²) in [4.78, 5) is 8.28. The van der Waals surface area contributed by atoms with Crippen LogP contribution in [0.25, 0.3) is 10.9 Å². The van der Waals surface area contributed by atoms with E-state index in [4.69, 9.17) is 11.6 Å². The number of rotatable bonds is 4. The molecule has 0 unspecified atom stereocenters. The van der Waals surface area contributed by atoms with E-state index >= 15 is 0 Å². The van der Waals surface area contributed by atoms with Crippen molar-refractivity contribution in [2.75, 3.05) is 11.6 Å². The van der Waals surface area contributed by atoms with Gasteiger partial charge >= 0.3 is 0 Å². The van der Waals surface area contributed by atoms with Crippen LogP contribution in [0.1, 0.15) is 13.3 Å². The Morgan fingerprint density at radius 3 is 2.85 bits per heavy atom. The van der Waals surface area contributed by atoms with Crippen molar-refractivity contribution in [2.45, 2.75) is 13.3 Å². The summed E-state index contributed by atoms with van der Waals surface area (Å²) < 4.78 is 2.11. The average Bonchev–Trinajstić information content (AvgIpc) is 2.88. The van der Waals surface area contributed by atoms with Crippen molar-refractivity contribution < 1.29 is 0 Å². The molecule has 0 amide bonds. The van der Waals surface area contributed by atoms with Crippen LogP contribution < -0.4 is 5.01 Å². The fourth-order valence-electron chi connectivity index (χ4n) is 2.29. The third-order valence-corrected chi connectivity index (χ3v) is 3.36. The number of anilines is 1. The molecule has 0 fully saturated rings. The van der Waals surface area contributed by atoms with E-state index in [1.165, 1.54) is 11.7 Å². The van der Waals surface area contributed by atoms with Crippen molar-refractivity contribution in [3.63, 3.8) is 0 Å². The normalized spacial score (nSPS) is 10.9. The van der Waals surface area contributed by atoms with Crippen LogP contribution in [0.5, 0.6) is 0 Å². The van der Waals surface area contributed by atoms with E-state index in [1.54, 1.807) is 6.07 Å². The molecule has 2 aromatic heterocycles. The van der Waals surface area contributed by atoms with Gasteiger partial charge in [0.1, 0.15) is 11.5 Å². The molecule has 0 saturated carbocycles. The molecule has 0 N–H and O–H groups in total. The van der Waals surface area contributed by atoms with E-state index in [1.807, 2.05) is 12.1 Å². The minimum absolute atomic E-state index is 0.451. The molecule has 0 aliphatic rings. The van der Waals surface area contributed by atoms with E-state index in [9.17, 15) is 0 Å². The fraction of sp³-hybridized carbons (Fsp3) is 0.200. The van der Waals surface area contributed by atoms with Gasteiger partial charge in [0.2, 0.25) is 0 Å². The topological polar surface area (TPSA) is 34.0 Å². The van der Waals surface area contributed by atoms with E-state index in [2.05, 4.69) is 51.0 Å². The number of fused-ring (bicyclic) bond motifs is 1. The van der Waals surface area contributed by atoms with Crippen LogP contribution in [-0.2, 0) is 0 Å². The van der Waals surface area contributed by atoms with Gasteiger partial charge < -0.3 is 0 Å². The third kappa shape index (κ3) is 2.34. The lowest BCUT2D eigenvalue weighted by molar-refractivity contribution is 0.684. The molecule has 0 radical (unpaired) electrons. The Kier molecular flexibility index (Phi) is 3.56. The van der Waals surface area contributed by atoms with Crippen molar-refractivity contribution in [3.05, 3.63) is 54.1 Å². The SMILES string of the molecule is CCCN(c1cc(Cl)ncn1)n1ccc2ccccc21. The van der Waals surface area contributed by atoms with E-state index in [0.29, 0.717) is 5.15 Å². The molecule has 0 bridgehead atoms. The highest BCUT2D eigenvalue weighted by Gasteiger charge is 2.12. The van der Waals surface area contributed by atoms with Crippen LogP contribution in [-0.4, -0.2) is 21.2 Å². The Bertz CT molecular complexity index is 722. The van der Waals surface area contributed by atoms with Gasteiger partial charge in [-0.2, -0.15) is 0 Å². The first kappa shape index (κ1) is 12.9. The highest BCUT2D eigenvalue weighted by Crippen LogP contribution is 2.21. The van der Waals surface area contributed by atoms with E-state index in [0.717, 1.165) is 24.3 Å². The van der Waals surface area contributed by atoms with Gasteiger partial charge in [0.15, 0.2) is 5.82 Å². The fourth-order valence-corrected chi connectivity index (χ4v) is 2.43. The van der Waals surface area contributed by atoms with E-state index in [-0.39, 0.29) is 0 Å². The predicted octanol–water partition coefficient (Wildman–Crippen LogP) is 3.76. The molecule has 4 nitrogen and oxygen atoms in total. The van der Waals surface area contributed by atoms with E-state index < -0.39 is 0 Å². The zero-order valence-electron chi connectivity index (χ0n) is 11.2. The van der Waals surface area contributed by atoms with Crippen molar-refractivity contribution in [1.82, 2.24) is 14.6 Å². The van der Waals surface area contributed by atoms with Gasteiger partial charge in [0, 0.05) is 24.2 Å². The van der Waals surface area contributed by atoms with Crippen molar-refractivity contribution in [3.8, 4) is 0 Å². The Hall–Kier alpha value is -2.07. The highest BCUT2D eigenvalue weighted by atomic mass is 35.5.